The normalized spacial score (nSPS) is 14.0. The third-order valence-electron chi connectivity index (χ3n) is 3.66. The molecule has 1 heterocycles. The van der Waals surface area contributed by atoms with Crippen molar-refractivity contribution in [2.24, 2.45) is 5.92 Å². The van der Waals surface area contributed by atoms with E-state index in [1.165, 1.54) is 12.3 Å². The maximum absolute atomic E-state index is 12.4. The summed E-state index contributed by atoms with van der Waals surface area (Å²) in [6, 6.07) is 3.09. The summed E-state index contributed by atoms with van der Waals surface area (Å²) in [6.07, 6.45) is 0.957. The Kier molecular flexibility index (Phi) is 6.60. The first-order chi connectivity index (χ1) is 10.9. The van der Waals surface area contributed by atoms with Gasteiger partial charge in [-0.3, -0.25) is 4.79 Å². The number of hydrogen-bond acceptors (Lipinski definition) is 4. The highest BCUT2D eigenvalue weighted by Gasteiger charge is 2.32. The van der Waals surface area contributed by atoms with Crippen molar-refractivity contribution in [1.82, 2.24) is 15.6 Å². The number of halogens is 1. The lowest BCUT2D eigenvalue weighted by atomic mass is 9.88. The maximum Gasteiger partial charge on any atom is 0.407 e. The molecule has 134 valence electrons. The van der Waals surface area contributed by atoms with Crippen molar-refractivity contribution in [3.8, 4) is 0 Å². The fraction of sp³-hybridized carbons (Fsp3) is 0.588. The molecule has 0 aliphatic heterocycles. The van der Waals surface area contributed by atoms with Gasteiger partial charge in [-0.25, -0.2) is 9.78 Å². The third kappa shape index (κ3) is 6.35. The Morgan fingerprint density at radius 1 is 1.29 bits per heavy atom. The van der Waals surface area contributed by atoms with E-state index >= 15 is 0 Å². The number of carbonyl (C=O) groups is 2. The summed E-state index contributed by atoms with van der Waals surface area (Å²) in [5.74, 6) is -0.199. The van der Waals surface area contributed by atoms with E-state index in [9.17, 15) is 9.59 Å². The van der Waals surface area contributed by atoms with Gasteiger partial charge in [0.15, 0.2) is 0 Å². The Bertz CT molecular complexity index is 599. The second kappa shape index (κ2) is 7.83. The van der Waals surface area contributed by atoms with Gasteiger partial charge in [0.2, 0.25) is 0 Å². The van der Waals surface area contributed by atoms with E-state index in [1.807, 2.05) is 20.8 Å². The fourth-order valence-electron chi connectivity index (χ4n) is 1.84. The van der Waals surface area contributed by atoms with Crippen molar-refractivity contribution in [3.63, 3.8) is 0 Å². The lowest BCUT2D eigenvalue weighted by Crippen LogP contribution is -2.57. The molecule has 0 fully saturated rings. The molecular formula is C17H26ClN3O3. The molecule has 0 saturated heterocycles. The Hall–Kier alpha value is -1.82. The monoisotopic (exact) mass is 355 g/mol. The zero-order chi connectivity index (χ0) is 18.5. The molecule has 0 aliphatic rings. The standard InChI is InChI=1S/C17H26ClN3O3/c1-11(2)17(6,10-20-15(23)24-16(3,4)5)21-14(22)12-7-8-19-13(18)9-12/h7-9,11H,10H2,1-6H3,(H,20,23)(H,21,22). The number of aromatic nitrogens is 1. The molecule has 1 atom stereocenters. The molecule has 0 bridgehead atoms. The Labute approximate surface area is 148 Å². The molecule has 0 radical (unpaired) electrons. The van der Waals surface area contributed by atoms with Crippen LogP contribution >= 0.6 is 11.6 Å². The Morgan fingerprint density at radius 2 is 1.92 bits per heavy atom. The zero-order valence-corrected chi connectivity index (χ0v) is 15.8. The van der Waals surface area contributed by atoms with Gasteiger partial charge in [-0.1, -0.05) is 25.4 Å². The highest BCUT2D eigenvalue weighted by Crippen LogP contribution is 2.18. The molecule has 1 aromatic rings. The molecule has 2 N–H and O–H groups in total. The maximum atomic E-state index is 12.4. The number of amides is 2. The molecule has 1 rings (SSSR count). The average Bonchev–Trinajstić information content (AvgIpc) is 2.43. The molecule has 24 heavy (non-hydrogen) atoms. The number of nitrogens with one attached hydrogen (secondary N) is 2. The topological polar surface area (TPSA) is 80.3 Å². The smallest absolute Gasteiger partial charge is 0.407 e. The molecule has 0 saturated carbocycles. The van der Waals surface area contributed by atoms with Crippen LogP contribution in [0.3, 0.4) is 0 Å². The number of pyridine rings is 1. The summed E-state index contributed by atoms with van der Waals surface area (Å²) in [4.78, 5) is 28.2. The first-order valence-electron chi connectivity index (χ1n) is 7.84. The zero-order valence-electron chi connectivity index (χ0n) is 15.1. The van der Waals surface area contributed by atoms with Crippen molar-refractivity contribution in [2.75, 3.05) is 6.54 Å². The second-order valence-corrected chi connectivity index (χ2v) is 7.64. The van der Waals surface area contributed by atoms with E-state index in [-0.39, 0.29) is 23.5 Å². The van der Waals surface area contributed by atoms with Gasteiger partial charge in [0.05, 0.1) is 5.54 Å². The summed E-state index contributed by atoms with van der Waals surface area (Å²) in [6.45, 7) is 11.4. The summed E-state index contributed by atoms with van der Waals surface area (Å²) < 4.78 is 5.23. The number of ether oxygens (including phenoxy) is 1. The van der Waals surface area contributed by atoms with Crippen LogP contribution in [0.1, 0.15) is 51.9 Å². The van der Waals surface area contributed by atoms with Gasteiger partial charge in [0, 0.05) is 18.3 Å². The van der Waals surface area contributed by atoms with Gasteiger partial charge in [-0.2, -0.15) is 0 Å². The first kappa shape index (κ1) is 20.2. The molecule has 2 amide bonds. The minimum atomic E-state index is -0.649. The minimum absolute atomic E-state index is 0.0775. The SMILES string of the molecule is CC(C)C(C)(CNC(=O)OC(C)(C)C)NC(=O)c1ccnc(Cl)c1. The van der Waals surface area contributed by atoms with E-state index in [0.717, 1.165) is 0 Å². The van der Waals surface area contributed by atoms with Crippen LogP contribution in [0.4, 0.5) is 4.79 Å². The van der Waals surface area contributed by atoms with E-state index < -0.39 is 17.2 Å². The van der Waals surface area contributed by atoms with Crippen LogP contribution < -0.4 is 10.6 Å². The number of carbonyl (C=O) groups excluding carboxylic acids is 2. The van der Waals surface area contributed by atoms with Crippen LogP contribution in [0.25, 0.3) is 0 Å². The van der Waals surface area contributed by atoms with E-state index in [4.69, 9.17) is 16.3 Å². The van der Waals surface area contributed by atoms with E-state index in [1.54, 1.807) is 26.8 Å². The lowest BCUT2D eigenvalue weighted by molar-refractivity contribution is 0.0497. The number of nitrogens with zero attached hydrogens (tertiary/aromatic N) is 1. The fourth-order valence-corrected chi connectivity index (χ4v) is 2.01. The molecular weight excluding hydrogens is 330 g/mol. The van der Waals surface area contributed by atoms with Crippen LogP contribution in [-0.2, 0) is 4.74 Å². The van der Waals surface area contributed by atoms with E-state index in [0.29, 0.717) is 5.56 Å². The lowest BCUT2D eigenvalue weighted by Gasteiger charge is -2.35. The van der Waals surface area contributed by atoms with E-state index in [2.05, 4.69) is 15.6 Å². The van der Waals surface area contributed by atoms with Crippen molar-refractivity contribution in [3.05, 3.63) is 29.0 Å². The van der Waals surface area contributed by atoms with Crippen LogP contribution in [0.15, 0.2) is 18.3 Å². The van der Waals surface area contributed by atoms with Gasteiger partial charge >= 0.3 is 6.09 Å². The van der Waals surface area contributed by atoms with Crippen molar-refractivity contribution in [2.45, 2.75) is 52.7 Å². The van der Waals surface area contributed by atoms with Gasteiger partial charge in [-0.05, 0) is 45.7 Å². The quantitative estimate of drug-likeness (QED) is 0.793. The first-order valence-corrected chi connectivity index (χ1v) is 8.22. The van der Waals surface area contributed by atoms with Gasteiger partial charge in [-0.15, -0.1) is 0 Å². The van der Waals surface area contributed by atoms with Crippen molar-refractivity contribution < 1.29 is 14.3 Å². The summed E-state index contributed by atoms with van der Waals surface area (Å²) >= 11 is 5.82. The summed E-state index contributed by atoms with van der Waals surface area (Å²) in [7, 11) is 0. The Balaban J connectivity index is 2.77. The minimum Gasteiger partial charge on any atom is -0.444 e. The molecule has 0 spiro atoms. The average molecular weight is 356 g/mol. The third-order valence-corrected chi connectivity index (χ3v) is 3.87. The van der Waals surface area contributed by atoms with Gasteiger partial charge in [0.25, 0.3) is 5.91 Å². The molecule has 1 aromatic heterocycles. The molecule has 6 nitrogen and oxygen atoms in total. The summed E-state index contributed by atoms with van der Waals surface area (Å²) in [5.41, 5.74) is -0.807. The number of hydrogen-bond donors (Lipinski definition) is 2. The Morgan fingerprint density at radius 3 is 2.42 bits per heavy atom. The van der Waals surface area contributed by atoms with Crippen molar-refractivity contribution >= 4 is 23.6 Å². The van der Waals surface area contributed by atoms with Crippen LogP contribution in [0.2, 0.25) is 5.15 Å². The van der Waals surface area contributed by atoms with Crippen LogP contribution in [0.5, 0.6) is 0 Å². The highest BCUT2D eigenvalue weighted by atomic mass is 35.5. The predicted octanol–water partition coefficient (Wildman–Crippen LogP) is 3.40. The molecule has 7 heteroatoms. The van der Waals surface area contributed by atoms with Crippen LogP contribution in [-0.4, -0.2) is 34.7 Å². The second-order valence-electron chi connectivity index (χ2n) is 7.25. The molecule has 1 unspecified atom stereocenters. The predicted molar refractivity (Wildman–Crippen MR) is 94.2 cm³/mol. The summed E-state index contributed by atoms with van der Waals surface area (Å²) in [5, 5.41) is 5.92. The van der Waals surface area contributed by atoms with Crippen molar-refractivity contribution in [1.29, 1.82) is 0 Å². The largest absolute Gasteiger partial charge is 0.444 e. The van der Waals surface area contributed by atoms with Gasteiger partial charge in [0.1, 0.15) is 10.8 Å². The number of rotatable bonds is 5. The molecule has 0 aromatic carbocycles. The van der Waals surface area contributed by atoms with Crippen LogP contribution in [0, 0.1) is 5.92 Å². The van der Waals surface area contributed by atoms with Gasteiger partial charge < -0.3 is 15.4 Å². The molecule has 0 aliphatic carbocycles. The number of alkyl carbamates (subject to hydrolysis) is 1. The highest BCUT2D eigenvalue weighted by molar-refractivity contribution is 6.29.